The van der Waals surface area contributed by atoms with E-state index in [4.69, 9.17) is 4.74 Å². The van der Waals surface area contributed by atoms with E-state index in [2.05, 4.69) is 10.0 Å². The van der Waals surface area contributed by atoms with Crippen LogP contribution < -0.4 is 10.0 Å². The number of nitrogens with one attached hydrogen (secondary N) is 2. The Morgan fingerprint density at radius 2 is 1.77 bits per heavy atom. The van der Waals surface area contributed by atoms with E-state index in [1.54, 1.807) is 7.11 Å². The Morgan fingerprint density at radius 3 is 2.41 bits per heavy atom. The van der Waals surface area contributed by atoms with Crippen LogP contribution in [0.4, 0.5) is 4.79 Å². The summed E-state index contributed by atoms with van der Waals surface area (Å²) < 4.78 is 33.2. The van der Waals surface area contributed by atoms with Crippen molar-refractivity contribution in [3.8, 4) is 0 Å². The molecule has 0 aromatic heterocycles. The van der Waals surface area contributed by atoms with Crippen molar-refractivity contribution >= 4 is 16.2 Å². The third-order valence-electron chi connectivity index (χ3n) is 4.43. The molecule has 7 nitrogen and oxygen atoms in total. The maximum absolute atomic E-state index is 12.3. The van der Waals surface area contributed by atoms with Gasteiger partial charge < -0.3 is 10.1 Å². The SMILES string of the molecule is COC1CCCN(S(=O)(=O)NC(=O)NC2CCCCCC2)C1. The number of carbonyl (C=O) groups is 1. The van der Waals surface area contributed by atoms with Gasteiger partial charge in [0.15, 0.2) is 0 Å². The third kappa shape index (κ3) is 5.10. The maximum atomic E-state index is 12.3. The molecule has 0 spiro atoms. The fourth-order valence-electron chi connectivity index (χ4n) is 3.14. The standard InChI is InChI=1S/C14H27N3O4S/c1-21-13-9-6-10-17(11-13)22(19,20)16-14(18)15-12-7-4-2-3-5-8-12/h12-13H,2-11H2,1H3,(H2,15,16,18). The molecule has 0 radical (unpaired) electrons. The van der Waals surface area contributed by atoms with Crippen molar-refractivity contribution in [2.75, 3.05) is 20.2 Å². The monoisotopic (exact) mass is 333 g/mol. The molecule has 22 heavy (non-hydrogen) atoms. The van der Waals surface area contributed by atoms with Crippen LogP contribution in [0.1, 0.15) is 51.4 Å². The van der Waals surface area contributed by atoms with Gasteiger partial charge in [-0.2, -0.15) is 12.7 Å². The summed E-state index contributed by atoms with van der Waals surface area (Å²) in [5.74, 6) is 0. The van der Waals surface area contributed by atoms with Crippen molar-refractivity contribution in [2.24, 2.45) is 0 Å². The lowest BCUT2D eigenvalue weighted by atomic mass is 10.1. The quantitative estimate of drug-likeness (QED) is 0.761. The number of piperidine rings is 1. The lowest BCUT2D eigenvalue weighted by Crippen LogP contribution is -2.52. The summed E-state index contributed by atoms with van der Waals surface area (Å²) in [5.41, 5.74) is 0. The summed E-state index contributed by atoms with van der Waals surface area (Å²) in [6.07, 6.45) is 7.86. The van der Waals surface area contributed by atoms with Crippen molar-refractivity contribution in [1.29, 1.82) is 0 Å². The van der Waals surface area contributed by atoms with Gasteiger partial charge in [0.25, 0.3) is 0 Å². The topological polar surface area (TPSA) is 87.7 Å². The van der Waals surface area contributed by atoms with E-state index in [1.165, 1.54) is 17.1 Å². The maximum Gasteiger partial charge on any atom is 0.329 e. The van der Waals surface area contributed by atoms with Crippen LogP contribution in [0.3, 0.4) is 0 Å². The Hall–Kier alpha value is -0.860. The fraction of sp³-hybridized carbons (Fsp3) is 0.929. The van der Waals surface area contributed by atoms with E-state index >= 15 is 0 Å². The van der Waals surface area contributed by atoms with Crippen LogP contribution in [0.15, 0.2) is 0 Å². The van der Waals surface area contributed by atoms with Gasteiger partial charge in [0.05, 0.1) is 6.10 Å². The molecular formula is C14H27N3O4S. The summed E-state index contributed by atoms with van der Waals surface area (Å²) in [5, 5.41) is 2.79. The molecule has 128 valence electrons. The number of nitrogens with zero attached hydrogens (tertiary/aromatic N) is 1. The molecule has 1 unspecified atom stereocenters. The molecule has 1 heterocycles. The molecule has 1 saturated carbocycles. The van der Waals surface area contributed by atoms with Crippen molar-refractivity contribution in [3.63, 3.8) is 0 Å². The number of amides is 2. The molecule has 2 rings (SSSR count). The van der Waals surface area contributed by atoms with Gasteiger partial charge >= 0.3 is 16.2 Å². The van der Waals surface area contributed by atoms with E-state index in [-0.39, 0.29) is 12.1 Å². The smallest absolute Gasteiger partial charge is 0.329 e. The minimum Gasteiger partial charge on any atom is -0.380 e. The summed E-state index contributed by atoms with van der Waals surface area (Å²) in [6, 6.07) is -0.544. The average Bonchev–Trinajstić information content (AvgIpc) is 2.75. The Bertz CT molecular complexity index is 461. The third-order valence-corrected chi connectivity index (χ3v) is 5.88. The van der Waals surface area contributed by atoms with Crippen LogP contribution in [0.5, 0.6) is 0 Å². The zero-order chi connectivity index (χ0) is 16.0. The van der Waals surface area contributed by atoms with E-state index in [1.807, 2.05) is 0 Å². The summed E-state index contributed by atoms with van der Waals surface area (Å²) in [4.78, 5) is 12.0. The van der Waals surface area contributed by atoms with Crippen LogP contribution in [0.2, 0.25) is 0 Å². The molecule has 2 aliphatic rings. The van der Waals surface area contributed by atoms with Crippen LogP contribution in [0.25, 0.3) is 0 Å². The second-order valence-electron chi connectivity index (χ2n) is 6.13. The predicted octanol–water partition coefficient (Wildman–Crippen LogP) is 1.36. The van der Waals surface area contributed by atoms with Gasteiger partial charge in [-0.1, -0.05) is 25.7 Å². The molecule has 2 N–H and O–H groups in total. The first-order valence-electron chi connectivity index (χ1n) is 8.12. The number of urea groups is 1. The summed E-state index contributed by atoms with van der Waals surface area (Å²) >= 11 is 0. The molecule has 1 aliphatic heterocycles. The molecule has 0 aromatic carbocycles. The molecule has 1 atom stereocenters. The van der Waals surface area contributed by atoms with Crippen molar-refractivity contribution in [2.45, 2.75) is 63.5 Å². The van der Waals surface area contributed by atoms with Gasteiger partial charge in [-0.25, -0.2) is 9.52 Å². The highest BCUT2D eigenvalue weighted by atomic mass is 32.2. The van der Waals surface area contributed by atoms with E-state index < -0.39 is 16.2 Å². The van der Waals surface area contributed by atoms with E-state index in [0.29, 0.717) is 13.1 Å². The number of carbonyl (C=O) groups excluding carboxylic acids is 1. The number of methoxy groups -OCH3 is 1. The Kier molecular flexibility index (Phi) is 6.46. The second-order valence-corrected chi connectivity index (χ2v) is 7.80. The number of hydrogen-bond donors (Lipinski definition) is 2. The molecule has 2 amide bonds. The normalized spacial score (nSPS) is 25.4. The van der Waals surface area contributed by atoms with Gasteiger partial charge in [0.2, 0.25) is 0 Å². The number of hydrogen-bond acceptors (Lipinski definition) is 4. The molecule has 0 aromatic rings. The van der Waals surface area contributed by atoms with Gasteiger partial charge in [0, 0.05) is 26.2 Å². The van der Waals surface area contributed by atoms with Gasteiger partial charge in [0.1, 0.15) is 0 Å². The molecule has 1 saturated heterocycles. The largest absolute Gasteiger partial charge is 0.380 e. The Labute approximate surface area is 133 Å². The molecule has 1 aliphatic carbocycles. The van der Waals surface area contributed by atoms with Gasteiger partial charge in [-0.05, 0) is 25.7 Å². The zero-order valence-corrected chi connectivity index (χ0v) is 14.0. The van der Waals surface area contributed by atoms with E-state index in [9.17, 15) is 13.2 Å². The predicted molar refractivity (Wildman–Crippen MR) is 83.7 cm³/mol. The zero-order valence-electron chi connectivity index (χ0n) is 13.2. The molecule has 8 heteroatoms. The van der Waals surface area contributed by atoms with Crippen LogP contribution in [-0.2, 0) is 14.9 Å². The fourth-order valence-corrected chi connectivity index (χ4v) is 4.29. The average molecular weight is 333 g/mol. The first-order chi connectivity index (χ1) is 10.5. The van der Waals surface area contributed by atoms with E-state index in [0.717, 1.165) is 38.5 Å². The molecule has 0 bridgehead atoms. The van der Waals surface area contributed by atoms with Gasteiger partial charge in [-0.15, -0.1) is 0 Å². The van der Waals surface area contributed by atoms with Crippen LogP contribution in [0, 0.1) is 0 Å². The van der Waals surface area contributed by atoms with Crippen molar-refractivity contribution in [3.05, 3.63) is 0 Å². The molecular weight excluding hydrogens is 306 g/mol. The Balaban J connectivity index is 1.86. The van der Waals surface area contributed by atoms with Crippen molar-refractivity contribution < 1.29 is 17.9 Å². The summed E-state index contributed by atoms with van der Waals surface area (Å²) in [6.45, 7) is 0.717. The van der Waals surface area contributed by atoms with Crippen molar-refractivity contribution in [1.82, 2.24) is 14.3 Å². The first kappa shape index (κ1) is 17.5. The summed E-state index contributed by atoms with van der Waals surface area (Å²) in [7, 11) is -2.22. The highest BCUT2D eigenvalue weighted by molar-refractivity contribution is 7.87. The minimum atomic E-state index is -3.79. The second kappa shape index (κ2) is 8.12. The Morgan fingerprint density at radius 1 is 1.09 bits per heavy atom. The lowest BCUT2D eigenvalue weighted by Gasteiger charge is -2.31. The molecule has 2 fully saturated rings. The minimum absolute atomic E-state index is 0.0748. The van der Waals surface area contributed by atoms with Crippen LogP contribution in [-0.4, -0.2) is 51.1 Å². The highest BCUT2D eigenvalue weighted by Crippen LogP contribution is 2.17. The first-order valence-corrected chi connectivity index (χ1v) is 9.56. The van der Waals surface area contributed by atoms with Crippen LogP contribution >= 0.6 is 0 Å². The highest BCUT2D eigenvalue weighted by Gasteiger charge is 2.30. The number of ether oxygens (including phenoxy) is 1. The number of rotatable bonds is 4. The van der Waals surface area contributed by atoms with Gasteiger partial charge in [-0.3, -0.25) is 0 Å². The lowest BCUT2D eigenvalue weighted by molar-refractivity contribution is 0.0569.